The summed E-state index contributed by atoms with van der Waals surface area (Å²) in [6, 6.07) is -2.06. The van der Waals surface area contributed by atoms with Gasteiger partial charge in [0.25, 0.3) is 0 Å². The molecule has 146 valence electrons. The molecule has 2 aliphatic rings. The van der Waals surface area contributed by atoms with Gasteiger partial charge in [-0.05, 0) is 51.5 Å². The topological polar surface area (TPSA) is 95.9 Å². The molecule has 2 rings (SSSR count). The van der Waals surface area contributed by atoms with Crippen LogP contribution in [0.3, 0.4) is 0 Å². The molecule has 0 aromatic carbocycles. The molecular formula is C19H30N2O5. The molecule has 0 unspecified atom stereocenters. The van der Waals surface area contributed by atoms with E-state index in [4.69, 9.17) is 4.74 Å². The van der Waals surface area contributed by atoms with E-state index in [9.17, 15) is 19.5 Å². The van der Waals surface area contributed by atoms with Crippen LogP contribution in [0.2, 0.25) is 0 Å². The molecule has 0 saturated carbocycles. The summed E-state index contributed by atoms with van der Waals surface area (Å²) in [5.74, 6) is -1.63. The average molecular weight is 366 g/mol. The number of carboxylic acid groups (broad SMARTS) is 1. The molecule has 26 heavy (non-hydrogen) atoms. The van der Waals surface area contributed by atoms with E-state index in [0.29, 0.717) is 12.8 Å². The minimum absolute atomic E-state index is 0.283. The second-order valence-electron chi connectivity index (χ2n) is 7.01. The molecule has 0 radical (unpaired) electrons. The monoisotopic (exact) mass is 366 g/mol. The van der Waals surface area contributed by atoms with Gasteiger partial charge in [-0.25, -0.2) is 4.79 Å². The summed E-state index contributed by atoms with van der Waals surface area (Å²) in [5, 5.41) is 12.6. The molecule has 7 heteroatoms. The normalized spacial score (nSPS) is 22.0. The molecule has 0 aromatic rings. The average Bonchev–Trinajstić information content (AvgIpc) is 3.00. The first-order valence-electron chi connectivity index (χ1n) is 9.60. The van der Waals surface area contributed by atoms with Crippen LogP contribution >= 0.6 is 0 Å². The third-order valence-electron chi connectivity index (χ3n) is 5.09. The molecule has 0 bridgehead atoms. The van der Waals surface area contributed by atoms with E-state index in [2.05, 4.69) is 5.32 Å². The summed E-state index contributed by atoms with van der Waals surface area (Å²) in [4.78, 5) is 38.3. The van der Waals surface area contributed by atoms with Crippen LogP contribution in [0.5, 0.6) is 0 Å². The van der Waals surface area contributed by atoms with Gasteiger partial charge in [0.15, 0.2) is 0 Å². The number of esters is 1. The fourth-order valence-electron chi connectivity index (χ4n) is 3.84. The van der Waals surface area contributed by atoms with Crippen molar-refractivity contribution in [3.8, 4) is 0 Å². The fraction of sp³-hybridized carbons (Fsp3) is 0.737. The van der Waals surface area contributed by atoms with Crippen LogP contribution in [0.1, 0.15) is 65.7 Å². The van der Waals surface area contributed by atoms with Gasteiger partial charge in [-0.1, -0.05) is 13.3 Å². The second kappa shape index (κ2) is 9.16. The van der Waals surface area contributed by atoms with Crippen LogP contribution in [-0.4, -0.2) is 52.6 Å². The fourth-order valence-corrected chi connectivity index (χ4v) is 3.84. The summed E-state index contributed by atoms with van der Waals surface area (Å²) < 4.78 is 5.08. The van der Waals surface area contributed by atoms with Gasteiger partial charge in [0.2, 0.25) is 5.91 Å². The molecular weight excluding hydrogens is 336 g/mol. The zero-order chi connectivity index (χ0) is 19.3. The molecule has 1 heterocycles. The number of nitrogens with one attached hydrogen (secondary N) is 1. The lowest BCUT2D eigenvalue weighted by Gasteiger charge is -2.30. The number of hydrogen-bond donors (Lipinski definition) is 2. The molecule has 0 saturated heterocycles. The van der Waals surface area contributed by atoms with E-state index in [1.165, 1.54) is 4.90 Å². The highest BCUT2D eigenvalue weighted by molar-refractivity contribution is 5.90. The van der Waals surface area contributed by atoms with Gasteiger partial charge in [-0.15, -0.1) is 0 Å². The van der Waals surface area contributed by atoms with Gasteiger partial charge in [-0.2, -0.15) is 0 Å². The Morgan fingerprint density at radius 3 is 2.58 bits per heavy atom. The van der Waals surface area contributed by atoms with Gasteiger partial charge in [0.1, 0.15) is 12.1 Å². The van der Waals surface area contributed by atoms with Crippen LogP contribution in [0, 0.1) is 0 Å². The molecule has 0 fully saturated rings. The molecule has 0 aromatic heterocycles. The number of carbonyl (C=O) groups excluding carboxylic acids is 2. The predicted octanol–water partition coefficient (Wildman–Crippen LogP) is 2.21. The minimum atomic E-state index is -0.976. The Morgan fingerprint density at radius 2 is 1.96 bits per heavy atom. The number of nitrogens with zero attached hydrogens (tertiary/aromatic N) is 1. The minimum Gasteiger partial charge on any atom is -0.480 e. The number of carbonyl (C=O) groups is 3. The van der Waals surface area contributed by atoms with Crippen LogP contribution in [0.4, 0.5) is 0 Å². The van der Waals surface area contributed by atoms with Crippen molar-refractivity contribution in [1.29, 1.82) is 0 Å². The molecule has 1 amide bonds. The Bertz CT molecular complexity index is 586. The molecule has 1 aliphatic heterocycles. The van der Waals surface area contributed by atoms with E-state index in [1.54, 1.807) is 13.8 Å². The third-order valence-corrected chi connectivity index (χ3v) is 5.09. The standard InChI is InChI=1S/C19H30N2O5/c1-4-8-14(19(25)26-5-2)20-12(3)17(22)21-15-10-7-6-9-13(15)11-16(21)18(23)24/h12,14,16,20H,4-11H2,1-3H3,(H,23,24)/t12-,14-,16-/m0/s1. The Hall–Kier alpha value is -1.89. The van der Waals surface area contributed by atoms with Crippen LogP contribution in [0.15, 0.2) is 11.3 Å². The maximum atomic E-state index is 13.0. The van der Waals surface area contributed by atoms with Gasteiger partial charge < -0.3 is 14.7 Å². The number of aliphatic carboxylic acids is 1. The van der Waals surface area contributed by atoms with Crippen LogP contribution in [0.25, 0.3) is 0 Å². The first-order valence-corrected chi connectivity index (χ1v) is 9.60. The summed E-state index contributed by atoms with van der Waals surface area (Å²) in [6.07, 6.45) is 5.38. The van der Waals surface area contributed by atoms with Gasteiger partial charge in [0.05, 0.1) is 12.6 Å². The number of hydrogen-bond acceptors (Lipinski definition) is 5. The molecule has 7 nitrogen and oxygen atoms in total. The van der Waals surface area contributed by atoms with Gasteiger partial charge in [0, 0.05) is 12.1 Å². The largest absolute Gasteiger partial charge is 0.480 e. The van der Waals surface area contributed by atoms with Gasteiger partial charge >= 0.3 is 11.9 Å². The van der Waals surface area contributed by atoms with Crippen molar-refractivity contribution in [2.75, 3.05) is 6.61 Å². The molecule has 1 aliphatic carbocycles. The number of carboxylic acids is 1. The zero-order valence-corrected chi connectivity index (χ0v) is 15.9. The SMILES string of the molecule is CCC[C@H](N[C@@H](C)C(=O)N1C2=C(CCCC2)C[C@H]1C(=O)O)C(=O)OCC. The highest BCUT2D eigenvalue weighted by Crippen LogP contribution is 2.38. The highest BCUT2D eigenvalue weighted by atomic mass is 16.5. The Labute approximate surface area is 154 Å². The highest BCUT2D eigenvalue weighted by Gasteiger charge is 2.42. The summed E-state index contributed by atoms with van der Waals surface area (Å²) in [7, 11) is 0. The van der Waals surface area contributed by atoms with E-state index in [-0.39, 0.29) is 18.5 Å². The Kier molecular flexibility index (Phi) is 7.20. The number of ether oxygens (including phenoxy) is 1. The molecule has 3 atom stereocenters. The number of rotatable bonds is 8. The van der Waals surface area contributed by atoms with Crippen molar-refractivity contribution in [3.63, 3.8) is 0 Å². The van der Waals surface area contributed by atoms with E-state index in [0.717, 1.165) is 43.4 Å². The number of allylic oxidation sites excluding steroid dienone is 1. The van der Waals surface area contributed by atoms with Crippen molar-refractivity contribution in [1.82, 2.24) is 10.2 Å². The van der Waals surface area contributed by atoms with Crippen molar-refractivity contribution < 1.29 is 24.2 Å². The second-order valence-corrected chi connectivity index (χ2v) is 7.01. The van der Waals surface area contributed by atoms with Crippen molar-refractivity contribution in [2.24, 2.45) is 0 Å². The lowest BCUT2D eigenvalue weighted by molar-refractivity contribution is -0.150. The van der Waals surface area contributed by atoms with E-state index < -0.39 is 24.1 Å². The number of amides is 1. The molecule has 0 spiro atoms. The molecule has 2 N–H and O–H groups in total. The van der Waals surface area contributed by atoms with Crippen LogP contribution in [-0.2, 0) is 19.1 Å². The Morgan fingerprint density at radius 1 is 1.27 bits per heavy atom. The van der Waals surface area contributed by atoms with E-state index >= 15 is 0 Å². The first kappa shape index (κ1) is 20.4. The lowest BCUT2D eigenvalue weighted by Crippen LogP contribution is -2.53. The first-order chi connectivity index (χ1) is 12.4. The summed E-state index contributed by atoms with van der Waals surface area (Å²) >= 11 is 0. The smallest absolute Gasteiger partial charge is 0.327 e. The Balaban J connectivity index is 2.14. The third kappa shape index (κ3) is 4.44. The quantitative estimate of drug-likeness (QED) is 0.640. The van der Waals surface area contributed by atoms with Crippen molar-refractivity contribution >= 4 is 17.8 Å². The summed E-state index contributed by atoms with van der Waals surface area (Å²) in [6.45, 7) is 5.67. The van der Waals surface area contributed by atoms with E-state index in [1.807, 2.05) is 6.92 Å². The lowest BCUT2D eigenvalue weighted by atomic mass is 9.96. The summed E-state index contributed by atoms with van der Waals surface area (Å²) in [5.41, 5.74) is 1.98. The maximum absolute atomic E-state index is 13.0. The van der Waals surface area contributed by atoms with Crippen molar-refractivity contribution in [3.05, 3.63) is 11.3 Å². The van der Waals surface area contributed by atoms with Gasteiger partial charge in [-0.3, -0.25) is 14.9 Å². The van der Waals surface area contributed by atoms with Crippen molar-refractivity contribution in [2.45, 2.75) is 83.8 Å². The predicted molar refractivity (Wildman–Crippen MR) is 96.3 cm³/mol. The maximum Gasteiger partial charge on any atom is 0.327 e. The van der Waals surface area contributed by atoms with Crippen LogP contribution < -0.4 is 5.32 Å². The zero-order valence-electron chi connectivity index (χ0n) is 15.9.